The van der Waals surface area contributed by atoms with Crippen LogP contribution in [0.2, 0.25) is 10.0 Å². The standard InChI is InChI=1S/C22H18Cl2N2O7/c1-31-19-7-6-13(9-21(19)32-2)20(10-16-17(23)11-25(28)12-18(16)24)33-22(27)14-4-3-5-15(8-14)26(29)30/h3-9,11-12,20H,10H2,1-2H3/t20-/m0/s1. The van der Waals surface area contributed by atoms with E-state index in [1.54, 1.807) is 18.2 Å². The van der Waals surface area contributed by atoms with E-state index in [2.05, 4.69) is 0 Å². The molecule has 0 unspecified atom stereocenters. The number of methoxy groups -OCH3 is 2. The van der Waals surface area contributed by atoms with E-state index in [9.17, 15) is 20.1 Å². The lowest BCUT2D eigenvalue weighted by molar-refractivity contribution is -0.605. The quantitative estimate of drug-likeness (QED) is 0.147. The summed E-state index contributed by atoms with van der Waals surface area (Å²) in [5.41, 5.74) is 0.660. The number of hydrogen-bond donors (Lipinski definition) is 0. The summed E-state index contributed by atoms with van der Waals surface area (Å²) in [5, 5.41) is 22.8. The molecule has 0 N–H and O–H groups in total. The predicted molar refractivity (Wildman–Crippen MR) is 120 cm³/mol. The van der Waals surface area contributed by atoms with Crippen LogP contribution in [0.4, 0.5) is 5.69 Å². The van der Waals surface area contributed by atoms with Gasteiger partial charge in [-0.2, -0.15) is 4.73 Å². The maximum absolute atomic E-state index is 12.9. The summed E-state index contributed by atoms with van der Waals surface area (Å²) in [5.74, 6) is 0.0720. The second kappa shape index (κ2) is 10.4. The predicted octanol–water partition coefficient (Wildman–Crippen LogP) is 4.69. The summed E-state index contributed by atoms with van der Waals surface area (Å²) in [7, 11) is 2.95. The SMILES string of the molecule is COc1ccc([C@H](Cc2c(Cl)c[n+]([O-])cc2Cl)OC(=O)c2cccc([N+](=O)[O-])c2)cc1OC. The number of benzene rings is 2. The van der Waals surface area contributed by atoms with Gasteiger partial charge in [-0.25, -0.2) is 4.79 Å². The lowest BCUT2D eigenvalue weighted by atomic mass is 10.0. The first-order valence-corrected chi connectivity index (χ1v) is 10.2. The molecule has 0 radical (unpaired) electrons. The summed E-state index contributed by atoms with van der Waals surface area (Å²) in [6.45, 7) is 0. The van der Waals surface area contributed by atoms with Crippen molar-refractivity contribution >= 4 is 34.9 Å². The van der Waals surface area contributed by atoms with Crippen molar-refractivity contribution in [2.45, 2.75) is 12.5 Å². The molecule has 1 atom stereocenters. The minimum Gasteiger partial charge on any atom is -0.619 e. The Bertz CT molecular complexity index is 1180. The number of nitro groups is 1. The van der Waals surface area contributed by atoms with E-state index in [-0.39, 0.29) is 27.7 Å². The average molecular weight is 493 g/mol. The van der Waals surface area contributed by atoms with Crippen LogP contribution in [0.15, 0.2) is 54.9 Å². The second-order valence-corrected chi connectivity index (χ2v) is 7.63. The Balaban J connectivity index is 2.01. The fourth-order valence-corrected chi connectivity index (χ4v) is 3.73. The third kappa shape index (κ3) is 5.63. The van der Waals surface area contributed by atoms with Gasteiger partial charge in [-0.05, 0) is 23.8 Å². The summed E-state index contributed by atoms with van der Waals surface area (Å²) in [6, 6.07) is 10.1. The van der Waals surface area contributed by atoms with Crippen molar-refractivity contribution in [3.05, 3.63) is 96.9 Å². The number of rotatable bonds is 8. The van der Waals surface area contributed by atoms with Crippen LogP contribution in [0.1, 0.15) is 27.6 Å². The minimum atomic E-state index is -0.922. The van der Waals surface area contributed by atoms with Crippen molar-refractivity contribution in [1.29, 1.82) is 0 Å². The maximum Gasteiger partial charge on any atom is 0.339 e. The Morgan fingerprint density at radius 2 is 1.73 bits per heavy atom. The number of carbonyl (C=O) groups is 1. The molecule has 33 heavy (non-hydrogen) atoms. The van der Waals surface area contributed by atoms with E-state index >= 15 is 0 Å². The van der Waals surface area contributed by atoms with E-state index in [0.29, 0.717) is 27.4 Å². The van der Waals surface area contributed by atoms with Crippen molar-refractivity contribution in [2.75, 3.05) is 14.2 Å². The first kappa shape index (κ1) is 24.1. The zero-order chi connectivity index (χ0) is 24.1. The number of non-ortho nitro benzene ring substituents is 1. The lowest BCUT2D eigenvalue weighted by Crippen LogP contribution is -2.25. The van der Waals surface area contributed by atoms with Crippen LogP contribution in [0.25, 0.3) is 0 Å². The van der Waals surface area contributed by atoms with Gasteiger partial charge >= 0.3 is 5.97 Å². The summed E-state index contributed by atoms with van der Waals surface area (Å²) < 4.78 is 16.8. The topological polar surface area (TPSA) is 115 Å². The number of nitrogens with zero attached hydrogens (tertiary/aromatic N) is 2. The molecule has 0 aliphatic rings. The molecule has 0 bridgehead atoms. The third-order valence-electron chi connectivity index (χ3n) is 4.77. The van der Waals surface area contributed by atoms with Crippen LogP contribution in [-0.2, 0) is 11.2 Å². The largest absolute Gasteiger partial charge is 0.619 e. The van der Waals surface area contributed by atoms with Gasteiger partial charge in [0, 0.05) is 24.1 Å². The van der Waals surface area contributed by atoms with Crippen molar-refractivity contribution in [2.24, 2.45) is 0 Å². The van der Waals surface area contributed by atoms with Crippen LogP contribution in [0, 0.1) is 15.3 Å². The first-order chi connectivity index (χ1) is 15.7. The van der Waals surface area contributed by atoms with Gasteiger partial charge in [0.1, 0.15) is 16.1 Å². The number of carbonyl (C=O) groups excluding carboxylic acids is 1. The maximum atomic E-state index is 12.9. The van der Waals surface area contributed by atoms with Gasteiger partial charge in [-0.3, -0.25) is 10.1 Å². The van der Waals surface area contributed by atoms with Crippen LogP contribution in [0.5, 0.6) is 11.5 Å². The number of pyridine rings is 1. The molecule has 0 fully saturated rings. The molecular weight excluding hydrogens is 475 g/mol. The molecule has 1 aromatic heterocycles. The summed E-state index contributed by atoms with van der Waals surface area (Å²) in [4.78, 5) is 23.3. The number of nitro benzene ring substituents is 1. The van der Waals surface area contributed by atoms with Crippen molar-refractivity contribution in [3.8, 4) is 11.5 Å². The zero-order valence-electron chi connectivity index (χ0n) is 17.5. The van der Waals surface area contributed by atoms with Gasteiger partial charge in [0.15, 0.2) is 23.9 Å². The smallest absolute Gasteiger partial charge is 0.339 e. The Hall–Kier alpha value is -3.56. The number of ether oxygens (including phenoxy) is 3. The highest BCUT2D eigenvalue weighted by molar-refractivity contribution is 6.35. The molecule has 2 aromatic carbocycles. The first-order valence-electron chi connectivity index (χ1n) is 9.47. The monoisotopic (exact) mass is 492 g/mol. The van der Waals surface area contributed by atoms with Gasteiger partial charge in [0.05, 0.1) is 24.7 Å². The van der Waals surface area contributed by atoms with Gasteiger partial charge in [-0.15, -0.1) is 0 Å². The number of esters is 1. The van der Waals surface area contributed by atoms with Crippen LogP contribution < -0.4 is 14.2 Å². The van der Waals surface area contributed by atoms with E-state index < -0.39 is 17.0 Å². The lowest BCUT2D eigenvalue weighted by Gasteiger charge is -2.21. The Morgan fingerprint density at radius 1 is 1.06 bits per heavy atom. The highest BCUT2D eigenvalue weighted by Crippen LogP contribution is 2.35. The highest BCUT2D eigenvalue weighted by Gasteiger charge is 2.25. The van der Waals surface area contributed by atoms with E-state index in [0.717, 1.165) is 18.5 Å². The molecular formula is C22H18Cl2N2O7. The molecule has 0 amide bonds. The fourth-order valence-electron chi connectivity index (χ4n) is 3.14. The van der Waals surface area contributed by atoms with Crippen LogP contribution in [-0.4, -0.2) is 25.1 Å². The molecule has 3 aromatic rings. The molecule has 0 saturated heterocycles. The van der Waals surface area contributed by atoms with Crippen LogP contribution in [0.3, 0.4) is 0 Å². The van der Waals surface area contributed by atoms with Gasteiger partial charge in [-0.1, -0.05) is 35.3 Å². The van der Waals surface area contributed by atoms with Crippen LogP contribution >= 0.6 is 23.2 Å². The van der Waals surface area contributed by atoms with Crippen molar-refractivity contribution < 1.29 is 28.7 Å². The summed E-state index contributed by atoms with van der Waals surface area (Å²) >= 11 is 12.4. The van der Waals surface area contributed by atoms with E-state index in [1.807, 2.05) is 0 Å². The molecule has 1 heterocycles. The molecule has 3 rings (SSSR count). The highest BCUT2D eigenvalue weighted by atomic mass is 35.5. The van der Waals surface area contributed by atoms with E-state index in [1.165, 1.54) is 32.4 Å². The molecule has 172 valence electrons. The number of hydrogen-bond acceptors (Lipinski definition) is 7. The molecule has 0 aliphatic carbocycles. The minimum absolute atomic E-state index is 0.00247. The fraction of sp³-hybridized carbons (Fsp3) is 0.182. The Kier molecular flexibility index (Phi) is 7.57. The normalized spacial score (nSPS) is 11.5. The zero-order valence-corrected chi connectivity index (χ0v) is 19.0. The van der Waals surface area contributed by atoms with E-state index in [4.69, 9.17) is 37.4 Å². The molecule has 0 spiro atoms. The third-order valence-corrected chi connectivity index (χ3v) is 5.42. The molecule has 9 nitrogen and oxygen atoms in total. The molecule has 0 saturated carbocycles. The van der Waals surface area contributed by atoms with Gasteiger partial charge in [0.2, 0.25) is 0 Å². The molecule has 11 heteroatoms. The number of aromatic nitrogens is 1. The van der Waals surface area contributed by atoms with Crippen molar-refractivity contribution in [1.82, 2.24) is 0 Å². The molecule has 0 aliphatic heterocycles. The van der Waals surface area contributed by atoms with Crippen molar-refractivity contribution in [3.63, 3.8) is 0 Å². The Labute approximate surface area is 198 Å². The van der Waals surface area contributed by atoms with Gasteiger partial charge < -0.3 is 19.4 Å². The van der Waals surface area contributed by atoms with Gasteiger partial charge in [0.25, 0.3) is 5.69 Å². The second-order valence-electron chi connectivity index (χ2n) is 6.81. The summed E-state index contributed by atoms with van der Waals surface area (Å²) in [6.07, 6.45) is 1.37. The average Bonchev–Trinajstić information content (AvgIpc) is 2.79. The number of halogens is 2. The Morgan fingerprint density at radius 3 is 2.33 bits per heavy atom.